The van der Waals surface area contributed by atoms with Crippen LogP contribution in [0.5, 0.6) is 0 Å². The van der Waals surface area contributed by atoms with E-state index in [0.29, 0.717) is 0 Å². The summed E-state index contributed by atoms with van der Waals surface area (Å²) in [6.45, 7) is 0. The van der Waals surface area contributed by atoms with Crippen molar-refractivity contribution in [1.82, 2.24) is 15.1 Å². The molecule has 0 spiro atoms. The van der Waals surface area contributed by atoms with E-state index in [0.717, 1.165) is 33.3 Å². The Hall–Kier alpha value is -2.75. The maximum Gasteiger partial charge on any atom is 0.124 e. The zero-order chi connectivity index (χ0) is 12.7. The van der Waals surface area contributed by atoms with Gasteiger partial charge in [0.05, 0.1) is 22.1 Å². The van der Waals surface area contributed by atoms with Gasteiger partial charge in [0.15, 0.2) is 0 Å². The molecule has 2 aromatic heterocycles. The second-order valence-corrected chi connectivity index (χ2v) is 4.27. The minimum Gasteiger partial charge on any atom is -0.364 e. The van der Waals surface area contributed by atoms with Gasteiger partial charge in [-0.25, -0.2) is 9.97 Å². The summed E-state index contributed by atoms with van der Waals surface area (Å²) >= 11 is 0. The molecule has 0 amide bonds. The fourth-order valence-electron chi connectivity index (χ4n) is 2.20. The summed E-state index contributed by atoms with van der Waals surface area (Å²) in [6.07, 6.45) is 1.56. The van der Waals surface area contributed by atoms with Crippen LogP contribution in [0.3, 0.4) is 0 Å². The van der Waals surface area contributed by atoms with Crippen LogP contribution in [0.1, 0.15) is 0 Å². The Morgan fingerprint density at radius 3 is 2.32 bits per heavy atom. The maximum absolute atomic E-state index is 4.91. The van der Waals surface area contributed by atoms with E-state index in [9.17, 15) is 0 Å². The number of aromatic nitrogens is 3. The summed E-state index contributed by atoms with van der Waals surface area (Å²) in [5.41, 5.74) is 5.19. The molecule has 0 aliphatic heterocycles. The molecule has 0 saturated carbocycles. The summed E-state index contributed by atoms with van der Waals surface area (Å²) in [5.74, 6) is 0. The van der Waals surface area contributed by atoms with Crippen LogP contribution in [0.4, 0.5) is 0 Å². The second kappa shape index (κ2) is 3.88. The third kappa shape index (κ3) is 1.57. The van der Waals surface area contributed by atoms with Crippen molar-refractivity contribution >= 4 is 22.1 Å². The van der Waals surface area contributed by atoms with Gasteiger partial charge in [-0.3, -0.25) is 0 Å². The third-order valence-corrected chi connectivity index (χ3v) is 3.08. The first-order valence-electron chi connectivity index (χ1n) is 5.98. The van der Waals surface area contributed by atoms with Crippen molar-refractivity contribution in [1.29, 1.82) is 0 Å². The van der Waals surface area contributed by atoms with Crippen LogP contribution in [0, 0.1) is 0 Å². The quantitative estimate of drug-likeness (QED) is 0.483. The van der Waals surface area contributed by atoms with Crippen LogP contribution in [0.25, 0.3) is 33.3 Å². The largest absolute Gasteiger partial charge is 0.364 e. The van der Waals surface area contributed by atoms with Crippen LogP contribution >= 0.6 is 0 Å². The third-order valence-electron chi connectivity index (χ3n) is 3.08. The fraction of sp³-hybridized carbons (Fsp3) is 0. The zero-order valence-corrected chi connectivity index (χ0v) is 9.95. The number of benzene rings is 2. The van der Waals surface area contributed by atoms with Crippen molar-refractivity contribution in [2.45, 2.75) is 0 Å². The first-order valence-corrected chi connectivity index (χ1v) is 5.98. The molecule has 4 rings (SSSR count). The molecule has 0 aliphatic rings. The van der Waals surface area contributed by atoms with Crippen molar-refractivity contribution in [2.24, 2.45) is 0 Å². The Labute approximate surface area is 108 Å². The molecular weight excluding hydrogens is 238 g/mol. The van der Waals surface area contributed by atoms with Gasteiger partial charge in [-0.1, -0.05) is 29.4 Å². The Balaban J connectivity index is 2.12. The summed E-state index contributed by atoms with van der Waals surface area (Å²) in [5, 5.41) is 3.97. The predicted octanol–water partition coefficient (Wildman–Crippen LogP) is 3.44. The van der Waals surface area contributed by atoms with E-state index in [1.807, 2.05) is 48.5 Å². The lowest BCUT2D eigenvalue weighted by Crippen LogP contribution is -1.90. The molecule has 2 heterocycles. The Morgan fingerprint density at radius 1 is 0.737 bits per heavy atom. The average molecular weight is 247 g/mol. The molecule has 0 N–H and O–H groups in total. The fourth-order valence-corrected chi connectivity index (χ4v) is 2.20. The van der Waals surface area contributed by atoms with Gasteiger partial charge in [-0.05, 0) is 18.2 Å². The number of hydrogen-bond acceptors (Lipinski definition) is 4. The monoisotopic (exact) mass is 247 g/mol. The minimum atomic E-state index is 0.773. The van der Waals surface area contributed by atoms with E-state index in [2.05, 4.69) is 15.1 Å². The smallest absolute Gasteiger partial charge is 0.124 e. The van der Waals surface area contributed by atoms with Crippen molar-refractivity contribution in [3.8, 4) is 11.3 Å². The van der Waals surface area contributed by atoms with Gasteiger partial charge in [0, 0.05) is 11.6 Å². The molecule has 0 saturated heterocycles. The molecule has 0 fully saturated rings. The Kier molecular flexibility index (Phi) is 2.08. The molecular formula is C15H9N3O. The number of rotatable bonds is 1. The molecule has 4 aromatic rings. The topological polar surface area (TPSA) is 51.8 Å². The molecule has 2 aromatic carbocycles. The van der Waals surface area contributed by atoms with Crippen LogP contribution in [-0.4, -0.2) is 15.1 Å². The van der Waals surface area contributed by atoms with Gasteiger partial charge in [-0.2, -0.15) is 0 Å². The van der Waals surface area contributed by atoms with Crippen LogP contribution in [0.15, 0.2) is 59.3 Å². The van der Waals surface area contributed by atoms with Crippen molar-refractivity contribution in [3.05, 3.63) is 54.8 Å². The highest BCUT2D eigenvalue weighted by atomic mass is 16.5. The number of fused-ring (bicyclic) bond motifs is 2. The SMILES string of the molecule is c1ccc2nc3c(-c4ccon4)cccc3nc2c1. The Bertz CT molecular complexity index is 869. The zero-order valence-electron chi connectivity index (χ0n) is 9.95. The molecule has 0 aliphatic carbocycles. The van der Waals surface area contributed by atoms with E-state index in [4.69, 9.17) is 4.52 Å². The number of nitrogens with zero attached hydrogens (tertiary/aromatic N) is 3. The van der Waals surface area contributed by atoms with Gasteiger partial charge in [0.25, 0.3) is 0 Å². The van der Waals surface area contributed by atoms with E-state index in [1.54, 1.807) is 6.26 Å². The second-order valence-electron chi connectivity index (χ2n) is 4.27. The predicted molar refractivity (Wildman–Crippen MR) is 72.5 cm³/mol. The normalized spacial score (nSPS) is 11.2. The van der Waals surface area contributed by atoms with Gasteiger partial charge in [-0.15, -0.1) is 0 Å². The van der Waals surface area contributed by atoms with Crippen molar-refractivity contribution < 1.29 is 4.52 Å². The highest BCUT2D eigenvalue weighted by Gasteiger charge is 2.09. The Morgan fingerprint density at radius 2 is 1.53 bits per heavy atom. The maximum atomic E-state index is 4.91. The standard InChI is InChI=1S/C15H9N3O/c1-2-6-13-12(5-1)16-14-7-3-4-10(15(14)17-13)11-8-9-19-18-11/h1-9H. The molecule has 19 heavy (non-hydrogen) atoms. The molecule has 4 heteroatoms. The lowest BCUT2D eigenvalue weighted by Gasteiger charge is -2.04. The summed E-state index contributed by atoms with van der Waals surface area (Å²) in [4.78, 5) is 9.32. The highest BCUT2D eigenvalue weighted by molar-refractivity contribution is 5.95. The lowest BCUT2D eigenvalue weighted by atomic mass is 10.1. The van der Waals surface area contributed by atoms with Crippen LogP contribution in [-0.2, 0) is 0 Å². The van der Waals surface area contributed by atoms with Crippen LogP contribution < -0.4 is 0 Å². The first-order chi connectivity index (χ1) is 9.42. The van der Waals surface area contributed by atoms with Gasteiger partial charge >= 0.3 is 0 Å². The van der Waals surface area contributed by atoms with Crippen molar-refractivity contribution in [3.63, 3.8) is 0 Å². The summed E-state index contributed by atoms with van der Waals surface area (Å²) in [6, 6.07) is 15.6. The minimum absolute atomic E-state index is 0.773. The first kappa shape index (κ1) is 10.2. The van der Waals surface area contributed by atoms with Gasteiger partial charge < -0.3 is 4.52 Å². The van der Waals surface area contributed by atoms with Gasteiger partial charge in [0.1, 0.15) is 12.0 Å². The van der Waals surface area contributed by atoms with E-state index >= 15 is 0 Å². The van der Waals surface area contributed by atoms with Crippen molar-refractivity contribution in [2.75, 3.05) is 0 Å². The average Bonchev–Trinajstić information content (AvgIpc) is 2.98. The molecule has 4 nitrogen and oxygen atoms in total. The summed E-state index contributed by atoms with van der Waals surface area (Å²) in [7, 11) is 0. The van der Waals surface area contributed by atoms with Gasteiger partial charge in [0.2, 0.25) is 0 Å². The lowest BCUT2D eigenvalue weighted by molar-refractivity contribution is 0.422. The molecule has 90 valence electrons. The molecule has 0 atom stereocenters. The van der Waals surface area contributed by atoms with E-state index in [-0.39, 0.29) is 0 Å². The molecule has 0 radical (unpaired) electrons. The number of para-hydroxylation sites is 3. The highest BCUT2D eigenvalue weighted by Crippen LogP contribution is 2.26. The van der Waals surface area contributed by atoms with E-state index < -0.39 is 0 Å². The van der Waals surface area contributed by atoms with Crippen LogP contribution in [0.2, 0.25) is 0 Å². The number of hydrogen-bond donors (Lipinski definition) is 0. The molecule has 0 unspecified atom stereocenters. The van der Waals surface area contributed by atoms with E-state index in [1.165, 1.54) is 0 Å². The summed E-state index contributed by atoms with van der Waals surface area (Å²) < 4.78 is 4.91. The molecule has 0 bridgehead atoms.